The summed E-state index contributed by atoms with van der Waals surface area (Å²) in [6.45, 7) is 11.9. The maximum Gasteiger partial charge on any atom is 0.0312 e. The predicted molar refractivity (Wildman–Crippen MR) is 224 cm³/mol. The van der Waals surface area contributed by atoms with E-state index in [1.54, 1.807) is 0 Å². The summed E-state index contributed by atoms with van der Waals surface area (Å²) in [7, 11) is 2.31. The molecule has 1 heterocycles. The van der Waals surface area contributed by atoms with E-state index in [0.29, 0.717) is 5.41 Å². The Kier molecular flexibility index (Phi) is 27.7. The van der Waals surface area contributed by atoms with Crippen molar-refractivity contribution in [3.63, 3.8) is 0 Å². The first-order chi connectivity index (χ1) is 24.5. The zero-order valence-electron chi connectivity index (χ0n) is 35.0. The third kappa shape index (κ3) is 23.6. The van der Waals surface area contributed by atoms with E-state index in [0.717, 1.165) is 24.3 Å². The molecule has 0 radical (unpaired) electrons. The Labute approximate surface area is 315 Å². The summed E-state index contributed by atoms with van der Waals surface area (Å²) in [5.74, 6) is 2.79. The van der Waals surface area contributed by atoms with Gasteiger partial charge in [0.15, 0.2) is 0 Å². The zero-order valence-corrected chi connectivity index (χ0v) is 35.0. The lowest BCUT2D eigenvalue weighted by Crippen LogP contribution is -2.22. The maximum absolute atomic E-state index is 4.33. The number of pyridine rings is 1. The van der Waals surface area contributed by atoms with Gasteiger partial charge in [-0.3, -0.25) is 4.98 Å². The van der Waals surface area contributed by atoms with Gasteiger partial charge in [0.05, 0.1) is 0 Å². The van der Waals surface area contributed by atoms with Gasteiger partial charge in [0.2, 0.25) is 0 Å². The van der Waals surface area contributed by atoms with E-state index in [-0.39, 0.29) is 0 Å². The molecule has 1 saturated carbocycles. The van der Waals surface area contributed by atoms with Crippen molar-refractivity contribution in [2.45, 2.75) is 240 Å². The lowest BCUT2D eigenvalue weighted by Gasteiger charge is -2.30. The van der Waals surface area contributed by atoms with Crippen molar-refractivity contribution in [1.82, 2.24) is 9.88 Å². The number of hydrogen-bond donors (Lipinski definition) is 0. The summed E-state index contributed by atoms with van der Waals surface area (Å²) in [6, 6.07) is 4.29. The molecule has 1 aliphatic carbocycles. The van der Waals surface area contributed by atoms with E-state index in [1.807, 2.05) is 12.4 Å². The minimum absolute atomic E-state index is 0.660. The lowest BCUT2D eigenvalue weighted by molar-refractivity contribution is 0.212. The fourth-order valence-corrected chi connectivity index (χ4v) is 9.50. The quantitative estimate of drug-likeness (QED) is 0.0658. The van der Waals surface area contributed by atoms with Crippen LogP contribution in [0.25, 0.3) is 0 Å². The van der Waals surface area contributed by atoms with Crippen LogP contribution in [-0.4, -0.2) is 23.5 Å². The van der Waals surface area contributed by atoms with Crippen LogP contribution in [0.5, 0.6) is 0 Å². The Morgan fingerprint density at radius 1 is 0.680 bits per heavy atom. The molecule has 0 spiro atoms. The van der Waals surface area contributed by atoms with E-state index in [9.17, 15) is 0 Å². The van der Waals surface area contributed by atoms with Crippen LogP contribution in [0.15, 0.2) is 24.5 Å². The van der Waals surface area contributed by atoms with Gasteiger partial charge in [0.1, 0.15) is 0 Å². The summed E-state index contributed by atoms with van der Waals surface area (Å²) in [5, 5.41) is 0. The van der Waals surface area contributed by atoms with Gasteiger partial charge in [-0.15, -0.1) is 0 Å². The molecular formula is C48H90N2. The molecule has 1 fully saturated rings. The van der Waals surface area contributed by atoms with Crippen LogP contribution in [0.2, 0.25) is 0 Å². The highest BCUT2D eigenvalue weighted by Crippen LogP contribution is 2.50. The Morgan fingerprint density at radius 3 is 1.68 bits per heavy atom. The van der Waals surface area contributed by atoms with Crippen molar-refractivity contribution < 1.29 is 0 Å². The van der Waals surface area contributed by atoms with Crippen LogP contribution in [-0.2, 0) is 6.54 Å². The summed E-state index contributed by atoms with van der Waals surface area (Å²) < 4.78 is 0. The van der Waals surface area contributed by atoms with Gasteiger partial charge in [-0.05, 0) is 93.3 Å². The molecule has 0 saturated heterocycles. The van der Waals surface area contributed by atoms with Crippen LogP contribution in [0, 0.1) is 23.2 Å². The minimum Gasteiger partial charge on any atom is -0.302 e. The summed E-state index contributed by atoms with van der Waals surface area (Å²) >= 11 is 0. The van der Waals surface area contributed by atoms with Gasteiger partial charge in [0.25, 0.3) is 0 Å². The molecular weight excluding hydrogens is 605 g/mol. The highest BCUT2D eigenvalue weighted by molar-refractivity contribution is 5.07. The number of hydrogen-bond acceptors (Lipinski definition) is 2. The van der Waals surface area contributed by atoms with Crippen molar-refractivity contribution in [3.8, 4) is 0 Å². The van der Waals surface area contributed by atoms with E-state index in [1.165, 1.54) is 218 Å². The number of nitrogens with zero attached hydrogens (tertiary/aromatic N) is 2. The third-order valence-corrected chi connectivity index (χ3v) is 12.7. The number of aromatic nitrogens is 1. The van der Waals surface area contributed by atoms with E-state index >= 15 is 0 Å². The van der Waals surface area contributed by atoms with Gasteiger partial charge in [0, 0.05) is 18.9 Å². The Morgan fingerprint density at radius 2 is 1.16 bits per heavy atom. The second kappa shape index (κ2) is 30.6. The summed E-state index contributed by atoms with van der Waals surface area (Å²) in [6.07, 6.45) is 50.8. The normalized spacial score (nSPS) is 19.0. The average Bonchev–Trinajstić information content (AvgIpc) is 3.52. The molecule has 0 aromatic carbocycles. The van der Waals surface area contributed by atoms with Gasteiger partial charge in [-0.1, -0.05) is 194 Å². The standard InChI is InChI=1S/C48H90N2/c1-6-8-10-11-12-13-14-15-16-17-18-20-23-27-35-48(37-33-46(41-48)34-39-50(5)43-47-32-29-38-49-42-47)36-28-24-21-19-22-26-31-45(4)40-44(3)30-25-9-7-2/h29,32,38,42,44-46H,6-28,30-31,33-37,39-41,43H2,1-5H3. The first-order valence-electron chi connectivity index (χ1n) is 23.0. The second-order valence-corrected chi connectivity index (χ2v) is 17.9. The Bertz CT molecular complexity index is 853. The molecule has 1 aromatic heterocycles. The number of unbranched alkanes of at least 4 members (excludes halogenated alkanes) is 20. The molecule has 2 nitrogen and oxygen atoms in total. The Balaban J connectivity index is 1.63. The fraction of sp³-hybridized carbons (Fsp3) is 0.896. The van der Waals surface area contributed by atoms with Crippen molar-refractivity contribution in [3.05, 3.63) is 30.1 Å². The molecule has 292 valence electrons. The molecule has 0 bridgehead atoms. The first-order valence-corrected chi connectivity index (χ1v) is 23.0. The topological polar surface area (TPSA) is 16.1 Å². The van der Waals surface area contributed by atoms with Gasteiger partial charge in [-0.25, -0.2) is 0 Å². The number of rotatable bonds is 35. The summed E-state index contributed by atoms with van der Waals surface area (Å²) in [5.41, 5.74) is 2.00. The van der Waals surface area contributed by atoms with E-state index in [4.69, 9.17) is 0 Å². The molecule has 0 amide bonds. The highest BCUT2D eigenvalue weighted by Gasteiger charge is 2.37. The molecule has 1 aromatic rings. The van der Waals surface area contributed by atoms with Crippen LogP contribution >= 0.6 is 0 Å². The van der Waals surface area contributed by atoms with Crippen LogP contribution in [0.3, 0.4) is 0 Å². The molecule has 50 heavy (non-hydrogen) atoms. The molecule has 2 heteroatoms. The van der Waals surface area contributed by atoms with Crippen molar-refractivity contribution >= 4 is 0 Å². The van der Waals surface area contributed by atoms with Gasteiger partial charge < -0.3 is 4.90 Å². The van der Waals surface area contributed by atoms with E-state index < -0.39 is 0 Å². The second-order valence-electron chi connectivity index (χ2n) is 17.9. The molecule has 4 unspecified atom stereocenters. The maximum atomic E-state index is 4.33. The largest absolute Gasteiger partial charge is 0.302 e. The molecule has 0 N–H and O–H groups in total. The lowest BCUT2D eigenvalue weighted by atomic mass is 9.75. The SMILES string of the molecule is CCCCCCCCCCCCCCCCC1(CCCCCCCCC(C)CC(C)CCCCC)CCC(CCN(C)Cc2cccnc2)C1. The first kappa shape index (κ1) is 45.3. The Hall–Kier alpha value is -0.890. The zero-order chi connectivity index (χ0) is 36.0. The average molecular weight is 695 g/mol. The molecule has 1 aliphatic rings. The highest BCUT2D eigenvalue weighted by atomic mass is 15.1. The monoisotopic (exact) mass is 695 g/mol. The molecule has 4 atom stereocenters. The minimum atomic E-state index is 0.660. The van der Waals surface area contributed by atoms with Crippen LogP contribution in [0.4, 0.5) is 0 Å². The fourth-order valence-electron chi connectivity index (χ4n) is 9.50. The summed E-state index contributed by atoms with van der Waals surface area (Å²) in [4.78, 5) is 6.85. The van der Waals surface area contributed by atoms with Crippen molar-refractivity contribution in [1.29, 1.82) is 0 Å². The van der Waals surface area contributed by atoms with Crippen molar-refractivity contribution in [2.24, 2.45) is 23.2 Å². The van der Waals surface area contributed by atoms with Gasteiger partial charge in [-0.2, -0.15) is 0 Å². The predicted octanol–water partition coefficient (Wildman–Crippen LogP) is 15.9. The molecule has 0 aliphatic heterocycles. The van der Waals surface area contributed by atoms with Crippen LogP contribution < -0.4 is 0 Å². The van der Waals surface area contributed by atoms with E-state index in [2.05, 4.69) is 56.8 Å². The van der Waals surface area contributed by atoms with Gasteiger partial charge >= 0.3 is 0 Å². The molecule has 2 rings (SSSR count). The third-order valence-electron chi connectivity index (χ3n) is 12.7. The van der Waals surface area contributed by atoms with Crippen molar-refractivity contribution in [2.75, 3.05) is 13.6 Å². The van der Waals surface area contributed by atoms with Crippen LogP contribution in [0.1, 0.15) is 239 Å². The smallest absolute Gasteiger partial charge is 0.0312 e.